The number of nitrogens with one attached hydrogen (secondary N) is 2. The maximum Gasteiger partial charge on any atom is 0.202 e. The van der Waals surface area contributed by atoms with Crippen molar-refractivity contribution in [3.63, 3.8) is 0 Å². The molecule has 12 heteroatoms. The van der Waals surface area contributed by atoms with Gasteiger partial charge in [0.15, 0.2) is 17.4 Å². The smallest absolute Gasteiger partial charge is 0.202 e. The largest absolute Gasteiger partial charge is 0.487 e. The van der Waals surface area contributed by atoms with Gasteiger partial charge in [0.05, 0.1) is 34.5 Å². The highest BCUT2D eigenvalue weighted by atomic mass is 19.1. The van der Waals surface area contributed by atoms with E-state index in [-0.39, 0.29) is 39.9 Å². The molecule has 1 aliphatic rings. The van der Waals surface area contributed by atoms with Gasteiger partial charge in [-0.05, 0) is 23.8 Å². The van der Waals surface area contributed by atoms with E-state index >= 15 is 4.39 Å². The molecular formula is C19H20FN9O2. The molecule has 1 aromatic carbocycles. The van der Waals surface area contributed by atoms with E-state index in [2.05, 4.69) is 30.9 Å². The monoisotopic (exact) mass is 425 g/mol. The number of benzene rings is 1. The SMILES string of the molecule is C[C@H]1COc2c(NCCCn3ccnc3)c(F)c(N)c3c(=O)c(-c4nnn[nH]4)cn1c23. The standard InChI is InChI=1S/C19H20FN9O2/c1-10-8-31-18-15(23-3-2-5-28-6-4-22-9-28)13(20)14(21)12-16(18)29(10)7-11(17(12)30)19-24-26-27-25-19/h4,6-7,9-10,23H,2-3,5,8,21H2,1H3,(H,24,25,26,27)/t10-/m0/s1. The van der Waals surface area contributed by atoms with E-state index in [9.17, 15) is 4.79 Å². The van der Waals surface area contributed by atoms with Gasteiger partial charge in [0.2, 0.25) is 5.43 Å². The summed E-state index contributed by atoms with van der Waals surface area (Å²) in [5.41, 5.74) is 6.25. The number of imidazole rings is 1. The summed E-state index contributed by atoms with van der Waals surface area (Å²) in [6, 6.07) is -0.107. The minimum Gasteiger partial charge on any atom is -0.487 e. The Kier molecular flexibility index (Phi) is 4.53. The lowest BCUT2D eigenvalue weighted by atomic mass is 10.0. The molecule has 0 saturated heterocycles. The molecule has 31 heavy (non-hydrogen) atoms. The van der Waals surface area contributed by atoms with E-state index in [1.807, 2.05) is 22.3 Å². The fourth-order valence-corrected chi connectivity index (χ4v) is 3.84. The van der Waals surface area contributed by atoms with E-state index < -0.39 is 11.2 Å². The normalized spacial score (nSPS) is 15.2. The maximum absolute atomic E-state index is 15.3. The van der Waals surface area contributed by atoms with Crippen LogP contribution in [0.4, 0.5) is 15.8 Å². The lowest BCUT2D eigenvalue weighted by molar-refractivity contribution is 0.248. The van der Waals surface area contributed by atoms with E-state index in [1.54, 1.807) is 18.7 Å². The van der Waals surface area contributed by atoms with Gasteiger partial charge in [-0.15, -0.1) is 5.10 Å². The summed E-state index contributed by atoms with van der Waals surface area (Å²) < 4.78 is 25.0. The summed E-state index contributed by atoms with van der Waals surface area (Å²) in [7, 11) is 0. The number of halogens is 1. The van der Waals surface area contributed by atoms with Gasteiger partial charge in [-0.1, -0.05) is 0 Å². The minimum atomic E-state index is -0.712. The zero-order valence-electron chi connectivity index (χ0n) is 16.7. The number of pyridine rings is 1. The van der Waals surface area contributed by atoms with Crippen molar-refractivity contribution < 1.29 is 9.13 Å². The molecule has 0 amide bonds. The van der Waals surface area contributed by atoms with Crippen molar-refractivity contribution in [1.82, 2.24) is 34.7 Å². The molecule has 1 aliphatic heterocycles. The van der Waals surface area contributed by atoms with Gasteiger partial charge in [0, 0.05) is 31.7 Å². The number of hydrogen-bond acceptors (Lipinski definition) is 8. The Bertz CT molecular complexity index is 1300. The van der Waals surface area contributed by atoms with Gasteiger partial charge in [-0.2, -0.15) is 0 Å². The molecule has 3 aromatic heterocycles. The Morgan fingerprint density at radius 3 is 3.06 bits per heavy atom. The van der Waals surface area contributed by atoms with Gasteiger partial charge in [0.25, 0.3) is 0 Å². The van der Waals surface area contributed by atoms with Crippen LogP contribution in [0, 0.1) is 5.82 Å². The Balaban J connectivity index is 1.60. The number of aryl methyl sites for hydroxylation is 1. The molecule has 4 aromatic rings. The van der Waals surface area contributed by atoms with Crippen LogP contribution in [0.25, 0.3) is 22.3 Å². The van der Waals surface area contributed by atoms with Gasteiger partial charge < -0.3 is 24.9 Å². The van der Waals surface area contributed by atoms with Crippen LogP contribution in [0.5, 0.6) is 5.75 Å². The van der Waals surface area contributed by atoms with Gasteiger partial charge in [-0.25, -0.2) is 14.5 Å². The van der Waals surface area contributed by atoms with Crippen LogP contribution in [-0.2, 0) is 6.54 Å². The average molecular weight is 425 g/mol. The molecule has 0 aliphatic carbocycles. The quantitative estimate of drug-likeness (QED) is 0.312. The zero-order valence-corrected chi connectivity index (χ0v) is 16.7. The average Bonchev–Trinajstić information content (AvgIpc) is 3.47. The van der Waals surface area contributed by atoms with Crippen molar-refractivity contribution in [3.8, 4) is 17.1 Å². The lowest BCUT2D eigenvalue weighted by Crippen LogP contribution is -2.26. The molecule has 160 valence electrons. The number of hydrogen-bond donors (Lipinski definition) is 3. The zero-order chi connectivity index (χ0) is 21.5. The van der Waals surface area contributed by atoms with Crippen LogP contribution in [0.15, 0.2) is 29.7 Å². The summed E-state index contributed by atoms with van der Waals surface area (Å²) >= 11 is 0. The Morgan fingerprint density at radius 1 is 1.45 bits per heavy atom. The number of aromatic amines is 1. The fraction of sp³-hybridized carbons (Fsp3) is 0.316. The number of H-pyrrole nitrogens is 1. The van der Waals surface area contributed by atoms with Crippen LogP contribution in [0.1, 0.15) is 19.4 Å². The number of aromatic nitrogens is 7. The molecule has 5 rings (SSSR count). The first-order valence-corrected chi connectivity index (χ1v) is 9.82. The van der Waals surface area contributed by atoms with Crippen LogP contribution in [-0.4, -0.2) is 47.9 Å². The first-order chi connectivity index (χ1) is 15.1. The van der Waals surface area contributed by atoms with Gasteiger partial charge >= 0.3 is 0 Å². The molecule has 0 fully saturated rings. The molecule has 0 spiro atoms. The third-order valence-electron chi connectivity index (χ3n) is 5.40. The first-order valence-electron chi connectivity index (χ1n) is 9.82. The second-order valence-electron chi connectivity index (χ2n) is 7.43. The Labute approximate surface area is 175 Å². The van der Waals surface area contributed by atoms with Crippen LogP contribution in [0.3, 0.4) is 0 Å². The highest BCUT2D eigenvalue weighted by Crippen LogP contribution is 2.43. The summed E-state index contributed by atoms with van der Waals surface area (Å²) in [6.45, 7) is 3.46. The van der Waals surface area contributed by atoms with Crippen molar-refractivity contribution in [2.75, 3.05) is 24.2 Å². The van der Waals surface area contributed by atoms with E-state index in [0.29, 0.717) is 18.7 Å². The lowest BCUT2D eigenvalue weighted by Gasteiger charge is -2.29. The molecule has 4 heterocycles. The number of anilines is 2. The van der Waals surface area contributed by atoms with E-state index in [1.165, 1.54) is 0 Å². The number of ether oxygens (including phenoxy) is 1. The minimum absolute atomic E-state index is 0.0527. The topological polar surface area (TPSA) is 142 Å². The molecule has 11 nitrogen and oxygen atoms in total. The van der Waals surface area contributed by atoms with E-state index in [0.717, 1.165) is 13.0 Å². The van der Waals surface area contributed by atoms with Crippen molar-refractivity contribution in [2.45, 2.75) is 25.9 Å². The molecule has 0 bridgehead atoms. The van der Waals surface area contributed by atoms with Crippen molar-refractivity contribution >= 4 is 22.3 Å². The number of tetrazole rings is 1. The second kappa shape index (κ2) is 7.38. The third-order valence-corrected chi connectivity index (χ3v) is 5.40. The molecule has 0 saturated carbocycles. The number of rotatable bonds is 6. The molecule has 1 atom stereocenters. The highest BCUT2D eigenvalue weighted by molar-refractivity contribution is 6.01. The molecular weight excluding hydrogens is 405 g/mol. The predicted molar refractivity (Wildman–Crippen MR) is 111 cm³/mol. The summed E-state index contributed by atoms with van der Waals surface area (Å²) in [5.74, 6) is -0.240. The summed E-state index contributed by atoms with van der Waals surface area (Å²) in [4.78, 5) is 17.2. The van der Waals surface area contributed by atoms with Gasteiger partial charge in [0.1, 0.15) is 12.3 Å². The molecule has 0 radical (unpaired) electrons. The Morgan fingerprint density at radius 2 is 2.32 bits per heavy atom. The van der Waals surface area contributed by atoms with Crippen LogP contribution in [0.2, 0.25) is 0 Å². The van der Waals surface area contributed by atoms with Crippen LogP contribution >= 0.6 is 0 Å². The summed E-state index contributed by atoms with van der Waals surface area (Å²) in [5, 5.41) is 16.6. The van der Waals surface area contributed by atoms with Crippen molar-refractivity contribution in [1.29, 1.82) is 0 Å². The molecule has 4 N–H and O–H groups in total. The highest BCUT2D eigenvalue weighted by Gasteiger charge is 2.30. The number of nitrogens with two attached hydrogens (primary N) is 1. The van der Waals surface area contributed by atoms with Gasteiger partial charge in [-0.3, -0.25) is 4.79 Å². The summed E-state index contributed by atoms with van der Waals surface area (Å²) in [6.07, 6.45) is 7.68. The number of nitrogens with zero attached hydrogens (tertiary/aromatic N) is 6. The second-order valence-corrected chi connectivity index (χ2v) is 7.43. The van der Waals surface area contributed by atoms with Crippen LogP contribution < -0.4 is 21.2 Å². The Hall–Kier alpha value is -3.96. The number of nitrogen functional groups attached to an aromatic ring is 1. The fourth-order valence-electron chi connectivity index (χ4n) is 3.84. The maximum atomic E-state index is 15.3. The third kappa shape index (κ3) is 3.07. The predicted octanol–water partition coefficient (Wildman–Crippen LogP) is 1.55. The van der Waals surface area contributed by atoms with E-state index in [4.69, 9.17) is 10.5 Å². The first kappa shape index (κ1) is 19.0. The van der Waals surface area contributed by atoms with Crippen molar-refractivity contribution in [3.05, 3.63) is 41.0 Å². The van der Waals surface area contributed by atoms with Crippen molar-refractivity contribution in [2.24, 2.45) is 0 Å². The molecule has 0 unspecified atom stereocenters.